The van der Waals surface area contributed by atoms with E-state index in [1.54, 1.807) is 11.3 Å². The average molecular weight is 258 g/mol. The zero-order valence-electron chi connectivity index (χ0n) is 8.90. The third-order valence-electron chi connectivity index (χ3n) is 1.92. The van der Waals surface area contributed by atoms with Gasteiger partial charge in [0, 0.05) is 19.2 Å². The highest BCUT2D eigenvalue weighted by atomic mass is 32.1. The van der Waals surface area contributed by atoms with Crippen LogP contribution in [0.5, 0.6) is 0 Å². The maximum Gasteiger partial charge on any atom is 0.243 e. The van der Waals surface area contributed by atoms with E-state index in [1.807, 2.05) is 16.8 Å². The van der Waals surface area contributed by atoms with E-state index in [1.165, 1.54) is 6.92 Å². The van der Waals surface area contributed by atoms with Crippen molar-refractivity contribution >= 4 is 35.8 Å². The van der Waals surface area contributed by atoms with Gasteiger partial charge in [-0.3, -0.25) is 9.59 Å². The molecule has 1 aromatic rings. The van der Waals surface area contributed by atoms with Crippen molar-refractivity contribution in [2.24, 2.45) is 0 Å². The van der Waals surface area contributed by atoms with Crippen molar-refractivity contribution < 1.29 is 9.59 Å². The van der Waals surface area contributed by atoms with Gasteiger partial charge in [0.2, 0.25) is 11.8 Å². The maximum atomic E-state index is 11.6. The van der Waals surface area contributed by atoms with E-state index in [0.717, 1.165) is 5.56 Å². The first-order valence-corrected chi connectivity index (χ1v) is 6.37. The lowest BCUT2D eigenvalue weighted by molar-refractivity contribution is -0.127. The molecule has 16 heavy (non-hydrogen) atoms. The summed E-state index contributed by atoms with van der Waals surface area (Å²) >= 11 is 5.60. The Morgan fingerprint density at radius 1 is 1.56 bits per heavy atom. The number of hydrogen-bond donors (Lipinski definition) is 3. The Kier molecular flexibility index (Phi) is 5.34. The highest BCUT2D eigenvalue weighted by Crippen LogP contribution is 2.05. The molecule has 4 nitrogen and oxygen atoms in total. The molecule has 0 spiro atoms. The minimum atomic E-state index is -0.570. The van der Waals surface area contributed by atoms with Gasteiger partial charge in [0.25, 0.3) is 0 Å². The third kappa shape index (κ3) is 4.24. The summed E-state index contributed by atoms with van der Waals surface area (Å²) in [7, 11) is 0. The molecule has 6 heteroatoms. The van der Waals surface area contributed by atoms with Gasteiger partial charge in [0.1, 0.15) is 6.04 Å². The van der Waals surface area contributed by atoms with Crippen molar-refractivity contribution in [1.82, 2.24) is 10.6 Å². The number of thiol groups is 1. The Hall–Kier alpha value is -1.01. The highest BCUT2D eigenvalue weighted by Gasteiger charge is 2.16. The lowest BCUT2D eigenvalue weighted by Gasteiger charge is -2.14. The predicted molar refractivity (Wildman–Crippen MR) is 67.6 cm³/mol. The van der Waals surface area contributed by atoms with Crippen molar-refractivity contribution in [2.75, 3.05) is 5.75 Å². The standard InChI is InChI=1S/C10H14N2O2S2/c1-7(13)12-9(5-15)10(14)11-4-8-2-3-16-6-8/h2-3,6,9,15H,4-5H2,1H3,(H,11,14)(H,12,13). The van der Waals surface area contributed by atoms with Gasteiger partial charge in [-0.15, -0.1) is 0 Å². The van der Waals surface area contributed by atoms with Crippen LogP contribution in [0.2, 0.25) is 0 Å². The zero-order chi connectivity index (χ0) is 12.0. The van der Waals surface area contributed by atoms with Crippen LogP contribution >= 0.6 is 24.0 Å². The van der Waals surface area contributed by atoms with Crippen molar-refractivity contribution in [3.05, 3.63) is 22.4 Å². The molecule has 0 saturated heterocycles. The van der Waals surface area contributed by atoms with Gasteiger partial charge in [-0.05, 0) is 22.4 Å². The number of amides is 2. The molecule has 0 aliphatic rings. The number of carbonyl (C=O) groups excluding carboxylic acids is 2. The number of hydrogen-bond acceptors (Lipinski definition) is 4. The molecular weight excluding hydrogens is 244 g/mol. The summed E-state index contributed by atoms with van der Waals surface area (Å²) in [6.45, 7) is 1.86. The number of carbonyl (C=O) groups is 2. The second-order valence-corrected chi connectivity index (χ2v) is 4.43. The summed E-state index contributed by atoms with van der Waals surface area (Å²) in [4.78, 5) is 22.5. The lowest BCUT2D eigenvalue weighted by atomic mass is 10.3. The summed E-state index contributed by atoms with van der Waals surface area (Å²) in [5.74, 6) is -0.157. The second-order valence-electron chi connectivity index (χ2n) is 3.29. The Morgan fingerprint density at radius 2 is 2.31 bits per heavy atom. The summed E-state index contributed by atoms with van der Waals surface area (Å²) in [6.07, 6.45) is 0. The normalized spacial score (nSPS) is 11.9. The van der Waals surface area contributed by atoms with Crippen LogP contribution < -0.4 is 10.6 Å². The van der Waals surface area contributed by atoms with E-state index >= 15 is 0 Å². The first-order valence-electron chi connectivity index (χ1n) is 4.80. The van der Waals surface area contributed by atoms with E-state index in [9.17, 15) is 9.59 Å². The molecule has 1 unspecified atom stereocenters. The second kappa shape index (κ2) is 6.55. The fraction of sp³-hybridized carbons (Fsp3) is 0.400. The molecule has 0 bridgehead atoms. The molecule has 0 aliphatic heterocycles. The van der Waals surface area contributed by atoms with Gasteiger partial charge < -0.3 is 10.6 Å². The smallest absolute Gasteiger partial charge is 0.243 e. The molecule has 1 aromatic heterocycles. The van der Waals surface area contributed by atoms with Gasteiger partial charge >= 0.3 is 0 Å². The molecular formula is C10H14N2O2S2. The van der Waals surface area contributed by atoms with Crippen molar-refractivity contribution in [1.29, 1.82) is 0 Å². The molecule has 2 amide bonds. The number of thiophene rings is 1. The zero-order valence-corrected chi connectivity index (χ0v) is 10.6. The third-order valence-corrected chi connectivity index (χ3v) is 3.02. The van der Waals surface area contributed by atoms with Crippen molar-refractivity contribution in [2.45, 2.75) is 19.5 Å². The monoisotopic (exact) mass is 258 g/mol. The average Bonchev–Trinajstić information content (AvgIpc) is 2.75. The molecule has 0 aromatic carbocycles. The molecule has 0 radical (unpaired) electrons. The Bertz CT molecular complexity index is 352. The highest BCUT2D eigenvalue weighted by molar-refractivity contribution is 7.80. The number of rotatable bonds is 5. The first kappa shape index (κ1) is 13.1. The summed E-state index contributed by atoms with van der Waals surface area (Å²) in [5.41, 5.74) is 1.05. The minimum absolute atomic E-state index is 0.212. The fourth-order valence-corrected chi connectivity index (χ4v) is 2.07. The van der Waals surface area contributed by atoms with Crippen molar-refractivity contribution in [3.63, 3.8) is 0 Å². The van der Waals surface area contributed by atoms with E-state index in [-0.39, 0.29) is 17.6 Å². The molecule has 1 rings (SSSR count). The summed E-state index contributed by atoms with van der Waals surface area (Å²) in [5, 5.41) is 9.20. The number of nitrogens with one attached hydrogen (secondary N) is 2. The van der Waals surface area contributed by atoms with E-state index in [4.69, 9.17) is 0 Å². The van der Waals surface area contributed by atoms with Crippen LogP contribution in [-0.4, -0.2) is 23.6 Å². The Balaban J connectivity index is 2.40. The Morgan fingerprint density at radius 3 is 2.81 bits per heavy atom. The van der Waals surface area contributed by atoms with E-state index < -0.39 is 6.04 Å². The topological polar surface area (TPSA) is 58.2 Å². The van der Waals surface area contributed by atoms with Gasteiger partial charge in [-0.2, -0.15) is 24.0 Å². The van der Waals surface area contributed by atoms with E-state index in [2.05, 4.69) is 23.3 Å². The van der Waals surface area contributed by atoms with Gasteiger partial charge in [-0.1, -0.05) is 0 Å². The fourth-order valence-electron chi connectivity index (χ4n) is 1.15. The SMILES string of the molecule is CC(=O)NC(CS)C(=O)NCc1ccsc1. The predicted octanol–water partition coefficient (Wildman–Crippen LogP) is 0.799. The van der Waals surface area contributed by atoms with Crippen LogP contribution in [0.4, 0.5) is 0 Å². The quantitative estimate of drug-likeness (QED) is 0.684. The summed E-state index contributed by atoms with van der Waals surface area (Å²) < 4.78 is 0. The van der Waals surface area contributed by atoms with Gasteiger partial charge in [0.15, 0.2) is 0 Å². The van der Waals surface area contributed by atoms with Crippen LogP contribution in [-0.2, 0) is 16.1 Å². The summed E-state index contributed by atoms with van der Waals surface area (Å²) in [6, 6.07) is 1.37. The molecule has 0 fully saturated rings. The minimum Gasteiger partial charge on any atom is -0.350 e. The molecule has 0 saturated carbocycles. The first-order chi connectivity index (χ1) is 7.63. The maximum absolute atomic E-state index is 11.6. The molecule has 88 valence electrons. The van der Waals surface area contributed by atoms with Gasteiger partial charge in [-0.25, -0.2) is 0 Å². The molecule has 2 N–H and O–H groups in total. The van der Waals surface area contributed by atoms with Crippen molar-refractivity contribution in [3.8, 4) is 0 Å². The molecule has 0 aliphatic carbocycles. The van der Waals surface area contributed by atoms with Crippen LogP contribution in [0.3, 0.4) is 0 Å². The Labute approximate surface area is 104 Å². The van der Waals surface area contributed by atoms with Crippen LogP contribution in [0.25, 0.3) is 0 Å². The molecule has 1 atom stereocenters. The van der Waals surface area contributed by atoms with Crippen LogP contribution in [0.1, 0.15) is 12.5 Å². The van der Waals surface area contributed by atoms with E-state index in [0.29, 0.717) is 6.54 Å². The lowest BCUT2D eigenvalue weighted by Crippen LogP contribution is -2.47. The molecule has 1 heterocycles. The van der Waals surface area contributed by atoms with Gasteiger partial charge in [0.05, 0.1) is 0 Å². The largest absolute Gasteiger partial charge is 0.350 e. The van der Waals surface area contributed by atoms with Crippen LogP contribution in [0.15, 0.2) is 16.8 Å². The van der Waals surface area contributed by atoms with Crippen LogP contribution in [0, 0.1) is 0 Å².